The molecule has 2 aromatic rings. The molecule has 1 unspecified atom stereocenters. The highest BCUT2D eigenvalue weighted by Crippen LogP contribution is 2.37. The number of nitro groups is 1. The predicted molar refractivity (Wildman–Crippen MR) is 97.7 cm³/mol. The zero-order valence-corrected chi connectivity index (χ0v) is 16.4. The molecular formula is C15H12ClF3N2O4PS+. The third-order valence-corrected chi connectivity index (χ3v) is 5.83. The van der Waals surface area contributed by atoms with Gasteiger partial charge in [0.25, 0.3) is 5.30 Å². The van der Waals surface area contributed by atoms with E-state index in [0.29, 0.717) is 24.2 Å². The van der Waals surface area contributed by atoms with Gasteiger partial charge < -0.3 is 4.74 Å². The van der Waals surface area contributed by atoms with Gasteiger partial charge in [-0.15, -0.1) is 0 Å². The Bertz CT molecular complexity index is 911. The molecule has 2 rings (SSSR count). The van der Waals surface area contributed by atoms with Crippen LogP contribution in [0.15, 0.2) is 24.4 Å². The van der Waals surface area contributed by atoms with Gasteiger partial charge in [-0.25, -0.2) is 4.98 Å². The van der Waals surface area contributed by atoms with Crippen LogP contribution in [0.25, 0.3) is 0 Å². The molecule has 1 aromatic carbocycles. The smallest absolute Gasteiger partial charge is 0.417 e. The van der Waals surface area contributed by atoms with Crippen LogP contribution in [0.5, 0.6) is 11.6 Å². The van der Waals surface area contributed by atoms with Crippen molar-refractivity contribution in [2.45, 2.75) is 19.5 Å². The van der Waals surface area contributed by atoms with E-state index in [1.807, 2.05) is 0 Å². The average Bonchev–Trinajstić information content (AvgIpc) is 2.61. The van der Waals surface area contributed by atoms with Crippen LogP contribution in [0.4, 0.5) is 18.9 Å². The summed E-state index contributed by atoms with van der Waals surface area (Å²) in [5.74, 6) is -0.105. The van der Waals surface area contributed by atoms with E-state index in [1.165, 1.54) is 19.2 Å². The van der Waals surface area contributed by atoms with E-state index < -0.39 is 23.6 Å². The minimum absolute atomic E-state index is 0.141. The van der Waals surface area contributed by atoms with E-state index >= 15 is 0 Å². The van der Waals surface area contributed by atoms with Gasteiger partial charge in [0.2, 0.25) is 17.7 Å². The number of aromatic nitrogens is 1. The molecule has 0 spiro atoms. The van der Waals surface area contributed by atoms with Crippen molar-refractivity contribution in [1.29, 1.82) is 0 Å². The maximum Gasteiger partial charge on any atom is 0.417 e. The first-order valence-corrected chi connectivity index (χ1v) is 9.96. The number of aryl methyl sites for hydroxylation is 1. The molecule has 0 aliphatic carbocycles. The molecule has 12 heteroatoms. The molecule has 0 aliphatic rings. The molecule has 1 aromatic heterocycles. The highest BCUT2D eigenvalue weighted by molar-refractivity contribution is 8.06. The second-order valence-electron chi connectivity index (χ2n) is 5.11. The molecule has 0 radical (unpaired) electrons. The molecule has 0 saturated carbocycles. The Morgan fingerprint density at radius 3 is 2.52 bits per heavy atom. The number of halogens is 4. The maximum atomic E-state index is 12.7. The lowest BCUT2D eigenvalue weighted by atomic mass is 10.1. The standard InChI is InChI=1S/C15H12ClF3N2O4PS/c1-3-8-4-11(21(22)23)13(26(27)24-2)6-12(8)25-14-10(16)5-9(7-20-14)15(17,18)19/h4-7H,3H2,1-2H3/q+1. The highest BCUT2D eigenvalue weighted by atomic mass is 35.5. The molecule has 0 saturated heterocycles. The topological polar surface area (TPSA) is 74.5 Å². The first kappa shape index (κ1) is 21.4. The van der Waals surface area contributed by atoms with E-state index in [4.69, 9.17) is 32.7 Å². The van der Waals surface area contributed by atoms with Crippen LogP contribution >= 0.6 is 18.5 Å². The Morgan fingerprint density at radius 2 is 2.04 bits per heavy atom. The number of pyridine rings is 1. The molecule has 27 heavy (non-hydrogen) atoms. The number of hydrogen-bond donors (Lipinski definition) is 0. The largest absolute Gasteiger partial charge is 0.437 e. The third kappa shape index (κ3) is 4.90. The van der Waals surface area contributed by atoms with Crippen molar-refractivity contribution >= 4 is 41.3 Å². The lowest BCUT2D eigenvalue weighted by molar-refractivity contribution is -0.383. The molecule has 1 atom stereocenters. The van der Waals surface area contributed by atoms with Gasteiger partial charge in [-0.05, 0) is 12.5 Å². The molecular weight excluding hydrogens is 428 g/mol. The summed E-state index contributed by atoms with van der Waals surface area (Å²) in [5.41, 5.74) is -0.792. The van der Waals surface area contributed by atoms with E-state index in [0.717, 1.165) is 0 Å². The lowest BCUT2D eigenvalue weighted by Crippen LogP contribution is -2.09. The first-order valence-electron chi connectivity index (χ1n) is 7.31. The summed E-state index contributed by atoms with van der Waals surface area (Å²) in [6, 6.07) is 3.33. The van der Waals surface area contributed by atoms with E-state index in [1.54, 1.807) is 6.92 Å². The summed E-state index contributed by atoms with van der Waals surface area (Å²) in [6.45, 7) is 0.0327. The summed E-state index contributed by atoms with van der Waals surface area (Å²) in [6.07, 6.45) is -3.65. The van der Waals surface area contributed by atoms with Gasteiger partial charge >= 0.3 is 18.8 Å². The molecule has 1 heterocycles. The number of ether oxygens (including phenoxy) is 1. The fourth-order valence-corrected chi connectivity index (χ4v) is 3.52. The van der Waals surface area contributed by atoms with Gasteiger partial charge in [0, 0.05) is 23.9 Å². The SMILES string of the molecule is CCc1cc([N+](=O)[O-])c([P+](=S)OC)cc1Oc1ncc(C(F)(F)F)cc1Cl. The van der Waals surface area contributed by atoms with Gasteiger partial charge in [0.1, 0.15) is 10.8 Å². The molecule has 0 bridgehead atoms. The number of benzene rings is 1. The summed E-state index contributed by atoms with van der Waals surface area (Å²) < 4.78 is 48.7. The molecule has 144 valence electrons. The van der Waals surface area contributed by atoms with Crippen molar-refractivity contribution < 1.29 is 27.4 Å². The number of rotatable bonds is 6. The van der Waals surface area contributed by atoms with E-state index in [9.17, 15) is 23.3 Å². The van der Waals surface area contributed by atoms with Gasteiger partial charge in [0.05, 0.1) is 17.6 Å². The van der Waals surface area contributed by atoms with Crippen molar-refractivity contribution in [1.82, 2.24) is 4.98 Å². The zero-order chi connectivity index (χ0) is 20.4. The fourth-order valence-electron chi connectivity index (χ4n) is 2.12. The maximum absolute atomic E-state index is 12.7. The van der Waals surface area contributed by atoms with Gasteiger partial charge in [-0.1, -0.05) is 18.5 Å². The second-order valence-corrected chi connectivity index (χ2v) is 7.87. The number of nitro benzene ring substituents is 1. The zero-order valence-electron chi connectivity index (χ0n) is 13.9. The summed E-state index contributed by atoms with van der Waals surface area (Å²) in [7, 11) is 1.32. The molecule has 0 fully saturated rings. The Balaban J connectivity index is 2.52. The number of hydrogen-bond acceptors (Lipinski definition) is 6. The Morgan fingerprint density at radius 1 is 1.37 bits per heavy atom. The van der Waals surface area contributed by atoms with Crippen LogP contribution in [0.2, 0.25) is 5.02 Å². The summed E-state index contributed by atoms with van der Waals surface area (Å²) in [5, 5.41) is 11.1. The van der Waals surface area contributed by atoms with Crippen LogP contribution in [0.3, 0.4) is 0 Å². The van der Waals surface area contributed by atoms with Gasteiger partial charge in [0.15, 0.2) is 0 Å². The minimum Gasteiger partial charge on any atom is -0.437 e. The highest BCUT2D eigenvalue weighted by Gasteiger charge is 2.33. The monoisotopic (exact) mass is 439 g/mol. The molecule has 0 amide bonds. The van der Waals surface area contributed by atoms with Crippen LogP contribution in [0.1, 0.15) is 18.1 Å². The van der Waals surface area contributed by atoms with Crippen LogP contribution in [0, 0.1) is 10.1 Å². The van der Waals surface area contributed by atoms with Crippen LogP contribution in [-0.2, 0) is 28.9 Å². The molecule has 0 aliphatic heterocycles. The van der Waals surface area contributed by atoms with Crippen LogP contribution < -0.4 is 10.0 Å². The summed E-state index contributed by atoms with van der Waals surface area (Å²) >= 11 is 11.0. The Labute approximate surface area is 162 Å². The van der Waals surface area contributed by atoms with Crippen molar-refractivity contribution in [2.24, 2.45) is 0 Å². The van der Waals surface area contributed by atoms with E-state index in [-0.39, 0.29) is 27.6 Å². The Hall–Kier alpha value is -1.87. The minimum atomic E-state index is -4.60. The van der Waals surface area contributed by atoms with Gasteiger partial charge in [-0.3, -0.25) is 10.1 Å². The van der Waals surface area contributed by atoms with Crippen LogP contribution in [-0.4, -0.2) is 17.0 Å². The fraction of sp³-hybridized carbons (Fsp3) is 0.267. The third-order valence-electron chi connectivity index (χ3n) is 3.44. The lowest BCUT2D eigenvalue weighted by Gasteiger charge is -2.12. The Kier molecular flexibility index (Phi) is 6.69. The normalized spacial score (nSPS) is 12.0. The van der Waals surface area contributed by atoms with E-state index in [2.05, 4.69) is 4.98 Å². The average molecular weight is 440 g/mol. The van der Waals surface area contributed by atoms with Gasteiger partial charge in [-0.2, -0.15) is 17.7 Å². The first-order chi connectivity index (χ1) is 12.6. The second kappa shape index (κ2) is 8.43. The van der Waals surface area contributed by atoms with Crippen molar-refractivity contribution in [2.75, 3.05) is 7.11 Å². The summed E-state index contributed by atoms with van der Waals surface area (Å²) in [4.78, 5) is 14.3. The van der Waals surface area contributed by atoms with Crippen molar-refractivity contribution in [3.63, 3.8) is 0 Å². The quantitative estimate of drug-likeness (QED) is 0.352. The predicted octanol–water partition coefficient (Wildman–Crippen LogP) is 5.15. The molecule has 0 N–H and O–H groups in total. The van der Waals surface area contributed by atoms with Crippen molar-refractivity contribution in [3.8, 4) is 11.6 Å². The van der Waals surface area contributed by atoms with Crippen molar-refractivity contribution in [3.05, 3.63) is 50.7 Å². The number of alkyl halides is 3. The number of nitrogens with zero attached hydrogens (tertiary/aromatic N) is 2. The molecule has 6 nitrogen and oxygen atoms in total.